The summed E-state index contributed by atoms with van der Waals surface area (Å²) in [6, 6.07) is 0. The summed E-state index contributed by atoms with van der Waals surface area (Å²) in [4.78, 5) is 27.3. The molecule has 3 aliphatic rings. The zero-order valence-electron chi connectivity index (χ0n) is 31.1. The van der Waals surface area contributed by atoms with Crippen molar-refractivity contribution in [3.63, 3.8) is 0 Å². The van der Waals surface area contributed by atoms with Crippen LogP contribution in [0.4, 0.5) is 0 Å². The number of allylic oxidation sites excluding steroid dienone is 2. The first-order valence-corrected chi connectivity index (χ1v) is 23.4. The third-order valence-corrected chi connectivity index (χ3v) is 12.9. The molecule has 3 rings (SSSR count). The van der Waals surface area contributed by atoms with Crippen molar-refractivity contribution < 1.29 is 27.9 Å². The van der Waals surface area contributed by atoms with Gasteiger partial charge in [0.2, 0.25) is 0 Å². The average molecular weight is 663 g/mol. The molecule has 258 valence electrons. The van der Waals surface area contributed by atoms with Crippen LogP contribution in [0.15, 0.2) is 23.8 Å². The molecular weight excluding hydrogens is 597 g/mol. The van der Waals surface area contributed by atoms with E-state index in [-0.39, 0.29) is 58.6 Å². The Bertz CT molecular complexity index is 1100. The average Bonchev–Trinajstić information content (AvgIpc) is 2.92. The highest BCUT2D eigenvalue weighted by Crippen LogP contribution is 2.53. The molecule has 0 N–H and O–H groups in total. The summed E-state index contributed by atoms with van der Waals surface area (Å²) in [6.07, 6.45) is 10.5. The minimum Gasteiger partial charge on any atom is -0.461 e. The summed E-state index contributed by atoms with van der Waals surface area (Å²) in [6.45, 7) is 30.6. The predicted octanol–water partition coefficient (Wildman–Crippen LogP) is 8.40. The van der Waals surface area contributed by atoms with Gasteiger partial charge in [-0.05, 0) is 94.0 Å². The number of cyclic esters (lactones) is 1. The maximum absolute atomic E-state index is 13.9. The van der Waals surface area contributed by atoms with Crippen molar-refractivity contribution in [2.75, 3.05) is 0 Å². The number of hydrogen-bond acceptors (Lipinski definition) is 6. The van der Waals surface area contributed by atoms with Crippen LogP contribution < -0.4 is 0 Å². The van der Waals surface area contributed by atoms with E-state index in [1.807, 2.05) is 6.92 Å². The molecule has 0 aromatic carbocycles. The second-order valence-corrected chi connectivity index (χ2v) is 21.9. The van der Waals surface area contributed by atoms with E-state index in [9.17, 15) is 9.59 Å². The lowest BCUT2D eigenvalue weighted by Gasteiger charge is -2.54. The van der Waals surface area contributed by atoms with Gasteiger partial charge in [0, 0.05) is 17.8 Å². The Morgan fingerprint density at radius 1 is 0.978 bits per heavy atom. The van der Waals surface area contributed by atoms with Crippen LogP contribution in [0.3, 0.4) is 0 Å². The topological polar surface area (TPSA) is 71.1 Å². The Balaban J connectivity index is 2.04. The summed E-state index contributed by atoms with van der Waals surface area (Å²) in [5, 5.41) is 0. The lowest BCUT2D eigenvalue weighted by atomic mass is 9.59. The minimum absolute atomic E-state index is 0.0321. The van der Waals surface area contributed by atoms with Crippen molar-refractivity contribution >= 4 is 30.0 Å². The smallest absolute Gasteiger partial charge is 0.334 e. The van der Waals surface area contributed by atoms with Crippen LogP contribution in [-0.4, -0.2) is 53.9 Å². The van der Waals surface area contributed by atoms with Crippen LogP contribution in [0.25, 0.3) is 0 Å². The highest BCUT2D eigenvalue weighted by atomic mass is 28.3. The highest BCUT2D eigenvalue weighted by Gasteiger charge is 2.55. The van der Waals surface area contributed by atoms with Gasteiger partial charge in [0.1, 0.15) is 18.3 Å². The van der Waals surface area contributed by atoms with E-state index in [4.69, 9.17) is 18.3 Å². The molecule has 1 unspecified atom stereocenters. The van der Waals surface area contributed by atoms with Crippen molar-refractivity contribution in [1.82, 2.24) is 0 Å². The number of carbonyl (C=O) groups excluding carboxylic acids is 2. The van der Waals surface area contributed by atoms with Crippen molar-refractivity contribution in [3.05, 3.63) is 23.8 Å². The molecule has 6 nitrogen and oxygen atoms in total. The van der Waals surface area contributed by atoms with E-state index in [0.717, 1.165) is 32.1 Å². The van der Waals surface area contributed by atoms with Crippen LogP contribution in [0, 0.1) is 39.9 Å². The third kappa shape index (κ3) is 8.63. The fourth-order valence-electron chi connectivity index (χ4n) is 7.73. The van der Waals surface area contributed by atoms with Gasteiger partial charge in [-0.2, -0.15) is 0 Å². The van der Waals surface area contributed by atoms with Crippen LogP contribution in [-0.2, 0) is 27.9 Å². The number of carbonyl (C=O) groups is 2. The zero-order valence-corrected chi connectivity index (χ0v) is 33.4. The summed E-state index contributed by atoms with van der Waals surface area (Å²) in [7, 11) is -2.98. The van der Waals surface area contributed by atoms with Crippen LogP contribution in [0.5, 0.6) is 0 Å². The van der Waals surface area contributed by atoms with Crippen molar-refractivity contribution in [2.24, 2.45) is 39.9 Å². The molecule has 0 bridgehead atoms. The van der Waals surface area contributed by atoms with Gasteiger partial charge in [0.15, 0.2) is 18.1 Å². The fraction of sp³-hybridized carbons (Fsp3) is 0.838. The second-order valence-electron chi connectivity index (χ2n) is 17.2. The molecule has 0 spiro atoms. The Labute approximate surface area is 278 Å². The summed E-state index contributed by atoms with van der Waals surface area (Å²) >= 11 is 0. The highest BCUT2D eigenvalue weighted by molar-refractivity contribution is 6.48. The summed E-state index contributed by atoms with van der Waals surface area (Å²) in [5.74, 6) is 0.0918. The van der Waals surface area contributed by atoms with Gasteiger partial charge in [-0.1, -0.05) is 80.5 Å². The fourth-order valence-corrected chi connectivity index (χ4v) is 9.97. The van der Waals surface area contributed by atoms with Crippen molar-refractivity contribution in [2.45, 2.75) is 158 Å². The molecule has 1 heterocycles. The van der Waals surface area contributed by atoms with Crippen molar-refractivity contribution in [3.8, 4) is 0 Å². The Morgan fingerprint density at radius 2 is 1.60 bits per heavy atom. The quantitative estimate of drug-likeness (QED) is 0.163. The Morgan fingerprint density at radius 3 is 2.11 bits per heavy atom. The van der Waals surface area contributed by atoms with E-state index in [1.165, 1.54) is 5.57 Å². The van der Waals surface area contributed by atoms with Gasteiger partial charge >= 0.3 is 11.9 Å². The molecule has 1 saturated heterocycles. The van der Waals surface area contributed by atoms with E-state index in [1.54, 1.807) is 0 Å². The molecule has 0 radical (unpaired) electrons. The third-order valence-electron chi connectivity index (χ3n) is 11.2. The van der Waals surface area contributed by atoms with Gasteiger partial charge in [-0.25, -0.2) is 4.79 Å². The van der Waals surface area contributed by atoms with E-state index in [0.29, 0.717) is 6.42 Å². The molecule has 0 amide bonds. The van der Waals surface area contributed by atoms with Gasteiger partial charge < -0.3 is 18.3 Å². The number of fused-ring (bicyclic) bond motifs is 1. The van der Waals surface area contributed by atoms with Gasteiger partial charge in [0.25, 0.3) is 0 Å². The lowest BCUT2D eigenvalue weighted by molar-refractivity contribution is -0.180. The number of rotatable bonds is 11. The van der Waals surface area contributed by atoms with Gasteiger partial charge in [-0.15, -0.1) is 0 Å². The van der Waals surface area contributed by atoms with E-state index in [2.05, 4.69) is 107 Å². The molecular formula is C37H66O6Si2. The normalized spacial score (nSPS) is 32.8. The molecule has 2 aliphatic carbocycles. The Hall–Kier alpha value is -1.23. The minimum atomic E-state index is -1.55. The zero-order chi connectivity index (χ0) is 34.1. The number of esters is 2. The maximum atomic E-state index is 13.9. The van der Waals surface area contributed by atoms with Crippen molar-refractivity contribution in [1.29, 1.82) is 0 Å². The van der Waals surface area contributed by atoms with Crippen LogP contribution in [0.2, 0.25) is 26.2 Å². The largest absolute Gasteiger partial charge is 0.461 e. The molecule has 0 saturated carbocycles. The standard InChI is InChI=1S/C37H66O6Si2/c1-15-36(10,16-2)33(39)41-29-22-26(34(4,5)6)21-25-18-17-24(3)37(30(25)29,43-45(13)14)20-19-27-23-28(35(7,8)9)31(32(38)40-27)42-44(11)12/h17-18,21,24,26-31,44-45H,15-16,19-20,22-23H2,1-14H3/t24-,26+,27+,28-,29-,30+,31?,37-/m0/s1. The van der Waals surface area contributed by atoms with Gasteiger partial charge in [0.05, 0.1) is 11.0 Å². The molecule has 1 aliphatic heterocycles. The maximum Gasteiger partial charge on any atom is 0.334 e. The van der Waals surface area contributed by atoms with Gasteiger partial charge in [-0.3, -0.25) is 4.79 Å². The first kappa shape index (κ1) is 38.2. The molecule has 45 heavy (non-hydrogen) atoms. The second kappa shape index (κ2) is 14.5. The Kier molecular flexibility index (Phi) is 12.3. The number of hydrogen-bond donors (Lipinski definition) is 0. The first-order valence-electron chi connectivity index (χ1n) is 17.8. The monoisotopic (exact) mass is 662 g/mol. The van der Waals surface area contributed by atoms with E-state index >= 15 is 0 Å². The molecule has 8 heteroatoms. The van der Waals surface area contributed by atoms with Crippen LogP contribution >= 0.6 is 0 Å². The molecule has 0 aromatic rings. The predicted molar refractivity (Wildman–Crippen MR) is 189 cm³/mol. The lowest BCUT2D eigenvalue weighted by Crippen LogP contribution is -2.58. The number of ether oxygens (including phenoxy) is 2. The first-order chi connectivity index (χ1) is 20.7. The molecule has 0 aromatic heterocycles. The van der Waals surface area contributed by atoms with E-state index < -0.39 is 35.2 Å². The summed E-state index contributed by atoms with van der Waals surface area (Å²) in [5.41, 5.74) is 0.110. The SMILES string of the molecule is CCC(C)(CC)C(=O)O[C@H]1C[C@H](C(C)(C)C)C=C2C=C[C@H](C)[C@](CC[C@@H]3C[C@H](C(C)(C)C)C(O[SiH](C)C)C(=O)O3)(O[SiH](C)C)[C@H]21. The van der Waals surface area contributed by atoms with Crippen LogP contribution in [0.1, 0.15) is 108 Å². The summed E-state index contributed by atoms with van der Waals surface area (Å²) < 4.78 is 26.3. The molecule has 1 fully saturated rings. The molecule has 8 atom stereocenters.